The van der Waals surface area contributed by atoms with Crippen LogP contribution in [0.5, 0.6) is 17.2 Å². The SMILES string of the molecule is CC(C)=CCc1c2c(c(O)c3c1OC1(C)CCC4C1C3C4(C)C)C(=O)C1=C[C@@H]3C[C@H]4C(C)(C)O[C@@](C/C=C(/C)C(=O)O)(C3=O)[C@@]14O2. The van der Waals surface area contributed by atoms with Crippen LogP contribution in [0.25, 0.3) is 0 Å². The molecule has 3 heterocycles. The molecule has 8 atom stereocenters. The Balaban J connectivity index is 1.41. The number of hydrogen-bond donors (Lipinski definition) is 2. The monoisotopic (exact) mass is 628 g/mol. The quantitative estimate of drug-likeness (QED) is 0.276. The van der Waals surface area contributed by atoms with E-state index < -0.39 is 34.3 Å². The number of fused-ring (bicyclic) bond motifs is 3. The van der Waals surface area contributed by atoms with Gasteiger partial charge in [0.2, 0.25) is 0 Å². The van der Waals surface area contributed by atoms with Gasteiger partial charge in [0.05, 0.1) is 5.60 Å². The number of carbonyl (C=O) groups is 3. The lowest BCUT2D eigenvalue weighted by atomic mass is 9.44. The van der Waals surface area contributed by atoms with Gasteiger partial charge in [-0.25, -0.2) is 4.79 Å². The van der Waals surface area contributed by atoms with Crippen LogP contribution in [0, 0.1) is 29.1 Å². The van der Waals surface area contributed by atoms with Crippen molar-refractivity contribution in [3.63, 3.8) is 0 Å². The van der Waals surface area contributed by atoms with Gasteiger partial charge < -0.3 is 24.4 Å². The third kappa shape index (κ3) is 3.22. The number of ether oxygens (including phenoxy) is 3. The third-order valence-electron chi connectivity index (χ3n) is 13.2. The first-order chi connectivity index (χ1) is 21.4. The molecule has 3 saturated carbocycles. The Kier molecular flexibility index (Phi) is 5.70. The minimum Gasteiger partial charge on any atom is -0.507 e. The summed E-state index contributed by atoms with van der Waals surface area (Å²) in [6.07, 6.45) is 8.13. The number of ketones is 2. The highest BCUT2D eigenvalue weighted by atomic mass is 16.6. The van der Waals surface area contributed by atoms with Crippen LogP contribution in [-0.4, -0.2) is 50.2 Å². The highest BCUT2D eigenvalue weighted by molar-refractivity contribution is 6.18. The number of phenols is 1. The number of aliphatic carboxylic acids is 1. The molecule has 5 aliphatic carbocycles. The van der Waals surface area contributed by atoms with Crippen molar-refractivity contribution in [2.75, 3.05) is 0 Å². The Morgan fingerprint density at radius 3 is 2.43 bits per heavy atom. The van der Waals surface area contributed by atoms with E-state index in [2.05, 4.69) is 26.8 Å². The van der Waals surface area contributed by atoms with Crippen molar-refractivity contribution in [2.24, 2.45) is 29.1 Å². The van der Waals surface area contributed by atoms with E-state index in [-0.39, 0.29) is 63.8 Å². The Morgan fingerprint density at radius 2 is 1.76 bits per heavy atom. The van der Waals surface area contributed by atoms with Gasteiger partial charge in [-0.2, -0.15) is 0 Å². The second-order valence-electron chi connectivity index (χ2n) is 16.6. The van der Waals surface area contributed by atoms with Gasteiger partial charge in [-0.3, -0.25) is 9.59 Å². The molecule has 0 aromatic heterocycles. The van der Waals surface area contributed by atoms with E-state index in [0.29, 0.717) is 41.2 Å². The molecule has 1 saturated heterocycles. The summed E-state index contributed by atoms with van der Waals surface area (Å²) in [5.41, 5.74) is -1.35. The summed E-state index contributed by atoms with van der Waals surface area (Å²) in [6.45, 7) is 16.1. The number of hydrogen-bond acceptors (Lipinski definition) is 7. The van der Waals surface area contributed by atoms with Crippen LogP contribution in [0.15, 0.2) is 34.9 Å². The molecule has 4 fully saturated rings. The van der Waals surface area contributed by atoms with Gasteiger partial charge in [-0.1, -0.05) is 37.6 Å². The maximum absolute atomic E-state index is 15.0. The summed E-state index contributed by atoms with van der Waals surface area (Å²) in [7, 11) is 0. The number of aromatic hydroxyl groups is 1. The summed E-state index contributed by atoms with van der Waals surface area (Å²) in [6, 6.07) is 0. The number of rotatable bonds is 5. The van der Waals surface area contributed by atoms with Gasteiger partial charge in [0.1, 0.15) is 28.4 Å². The predicted octanol–water partition coefficient (Wildman–Crippen LogP) is 6.63. The second-order valence-corrected chi connectivity index (χ2v) is 16.6. The average molecular weight is 629 g/mol. The van der Waals surface area contributed by atoms with Crippen molar-refractivity contribution in [3.05, 3.63) is 51.6 Å². The Morgan fingerprint density at radius 1 is 1.04 bits per heavy atom. The molecule has 1 aromatic carbocycles. The first-order valence-electron chi connectivity index (χ1n) is 16.8. The molecule has 8 aliphatic rings. The molecule has 2 N–H and O–H groups in total. The van der Waals surface area contributed by atoms with E-state index in [1.165, 1.54) is 13.0 Å². The minimum absolute atomic E-state index is 0.0282. The summed E-state index contributed by atoms with van der Waals surface area (Å²) < 4.78 is 21.0. The largest absolute Gasteiger partial charge is 0.507 e. The van der Waals surface area contributed by atoms with E-state index in [0.717, 1.165) is 18.4 Å². The number of carboxylic acid groups (broad SMARTS) is 1. The molecule has 1 spiro atoms. The molecule has 8 nitrogen and oxygen atoms in total. The average Bonchev–Trinajstić information content (AvgIpc) is 3.39. The lowest BCUT2D eigenvalue weighted by Gasteiger charge is -2.62. The van der Waals surface area contributed by atoms with Gasteiger partial charge >= 0.3 is 5.97 Å². The molecule has 4 unspecified atom stereocenters. The van der Waals surface area contributed by atoms with Crippen LogP contribution in [0.1, 0.15) is 108 Å². The van der Waals surface area contributed by atoms with Crippen molar-refractivity contribution >= 4 is 17.5 Å². The molecule has 0 amide bonds. The molecule has 9 rings (SSSR count). The summed E-state index contributed by atoms with van der Waals surface area (Å²) >= 11 is 0. The Bertz CT molecular complexity index is 1770. The number of carboxylic acids is 1. The number of carbonyl (C=O) groups excluding carboxylic acids is 2. The molecule has 8 heteroatoms. The lowest BCUT2D eigenvalue weighted by molar-refractivity contribution is -0.171. The topological polar surface area (TPSA) is 119 Å². The molecule has 4 bridgehead atoms. The summed E-state index contributed by atoms with van der Waals surface area (Å²) in [5, 5.41) is 21.9. The zero-order valence-corrected chi connectivity index (χ0v) is 28.0. The second kappa shape index (κ2) is 8.74. The highest BCUT2D eigenvalue weighted by Crippen LogP contribution is 2.76. The molecular formula is C38H44O8. The fraction of sp³-hybridized carbons (Fsp3) is 0.605. The van der Waals surface area contributed by atoms with Gasteiger partial charge in [0.25, 0.3) is 0 Å². The molecule has 3 aliphatic heterocycles. The highest BCUT2D eigenvalue weighted by Gasteiger charge is 2.81. The van der Waals surface area contributed by atoms with Gasteiger partial charge in [0, 0.05) is 52.4 Å². The minimum atomic E-state index is -1.61. The molecular weight excluding hydrogens is 584 g/mol. The normalized spacial score (nSPS) is 39.6. The zero-order chi connectivity index (χ0) is 33.1. The summed E-state index contributed by atoms with van der Waals surface area (Å²) in [4.78, 5) is 41.2. The van der Waals surface area contributed by atoms with Crippen molar-refractivity contribution in [3.8, 4) is 17.2 Å². The molecule has 1 aromatic rings. The Labute approximate surface area is 269 Å². The maximum atomic E-state index is 15.0. The van der Waals surface area contributed by atoms with Crippen molar-refractivity contribution in [2.45, 2.75) is 116 Å². The molecule has 0 radical (unpaired) electrons. The van der Waals surface area contributed by atoms with Crippen LogP contribution >= 0.6 is 0 Å². The van der Waals surface area contributed by atoms with Crippen LogP contribution in [0.4, 0.5) is 0 Å². The van der Waals surface area contributed by atoms with Crippen molar-refractivity contribution < 1.29 is 38.8 Å². The number of allylic oxidation sites excluding steroid dienone is 3. The maximum Gasteiger partial charge on any atom is 0.330 e. The van der Waals surface area contributed by atoms with Gasteiger partial charge in [-0.15, -0.1) is 0 Å². The molecule has 46 heavy (non-hydrogen) atoms. The first kappa shape index (κ1) is 30.0. The molecule has 244 valence electrons. The van der Waals surface area contributed by atoms with Crippen molar-refractivity contribution in [1.82, 2.24) is 0 Å². The predicted molar refractivity (Wildman–Crippen MR) is 169 cm³/mol. The van der Waals surface area contributed by atoms with E-state index in [9.17, 15) is 24.6 Å². The Hall–Kier alpha value is -3.39. The fourth-order valence-electron chi connectivity index (χ4n) is 11.1. The number of Topliss-reactive ketones (excluding diaryl/α,β-unsaturated/α-hetero) is 2. The van der Waals surface area contributed by atoms with Crippen LogP contribution in [0.3, 0.4) is 0 Å². The van der Waals surface area contributed by atoms with E-state index in [4.69, 9.17) is 14.2 Å². The standard InChI is InChI=1S/C38H44O8/c1-17(2)9-10-20-30-24(27-26-21(34(27,4)5)12-13-36(26,8)44-30)29(40)25-28(39)22-15-19-16-23-35(6,7)46-37(32(19)41,14-11-18(3)33(42)43)38(22,23)45-31(20)25/h9,11,15,19,21,23,26-27,40H,10,12-14,16H2,1-8H3,(H,42,43)/b18-11-/t19-,21?,23+,26?,27?,36?,37+,38-/m1/s1. The van der Waals surface area contributed by atoms with Crippen LogP contribution in [-0.2, 0) is 20.7 Å². The third-order valence-corrected chi connectivity index (χ3v) is 13.2. The van der Waals surface area contributed by atoms with Crippen LogP contribution in [0.2, 0.25) is 0 Å². The first-order valence-corrected chi connectivity index (χ1v) is 16.8. The number of benzene rings is 1. The van der Waals surface area contributed by atoms with Crippen molar-refractivity contribution in [1.29, 1.82) is 0 Å². The van der Waals surface area contributed by atoms with Gasteiger partial charge in [0.15, 0.2) is 22.8 Å². The van der Waals surface area contributed by atoms with E-state index in [1.807, 2.05) is 27.7 Å². The summed E-state index contributed by atoms with van der Waals surface area (Å²) in [5.74, 6) is -1.04. The fourth-order valence-corrected chi connectivity index (χ4v) is 11.1. The van der Waals surface area contributed by atoms with Gasteiger partial charge in [-0.05, 0) is 78.6 Å². The smallest absolute Gasteiger partial charge is 0.330 e. The van der Waals surface area contributed by atoms with E-state index >= 15 is 0 Å². The van der Waals surface area contributed by atoms with E-state index in [1.54, 1.807) is 6.08 Å². The van der Waals surface area contributed by atoms with Crippen LogP contribution < -0.4 is 9.47 Å². The number of phenolic OH excluding ortho intramolecular Hbond substituents is 1. The zero-order valence-electron chi connectivity index (χ0n) is 28.0. The lowest BCUT2D eigenvalue weighted by Crippen LogP contribution is -2.72.